The highest BCUT2D eigenvalue weighted by molar-refractivity contribution is 4.87. The summed E-state index contributed by atoms with van der Waals surface area (Å²) in [6.07, 6.45) is 0.834. The van der Waals surface area contributed by atoms with E-state index in [4.69, 9.17) is 21.3 Å². The second-order valence-corrected chi connectivity index (χ2v) is 3.72. The maximum atomic E-state index is 8.36. The summed E-state index contributed by atoms with van der Waals surface area (Å²) in [5.41, 5.74) is 24.3. The highest BCUT2D eigenvalue weighted by Gasteiger charge is 2.28. The third kappa shape index (κ3) is 6.47. The van der Waals surface area contributed by atoms with Crippen molar-refractivity contribution in [2.45, 2.75) is 13.3 Å². The van der Waals surface area contributed by atoms with Crippen LogP contribution in [0, 0.1) is 5.41 Å². The molecule has 18 heavy (non-hydrogen) atoms. The lowest BCUT2D eigenvalue weighted by Gasteiger charge is -2.28. The fraction of sp³-hybridized carbons (Fsp3) is 1.00. The molecule has 10 nitrogen and oxygen atoms in total. The summed E-state index contributed by atoms with van der Waals surface area (Å²) in [7, 11) is 0. The molecule has 0 radical (unpaired) electrons. The Bertz CT molecular complexity index is 326. The van der Waals surface area contributed by atoms with E-state index in [1.54, 1.807) is 0 Å². The van der Waals surface area contributed by atoms with Crippen LogP contribution in [0.4, 0.5) is 0 Å². The van der Waals surface area contributed by atoms with Gasteiger partial charge in [-0.3, -0.25) is 0 Å². The minimum absolute atomic E-state index is 0.0469. The highest BCUT2D eigenvalue weighted by Crippen LogP contribution is 2.21. The van der Waals surface area contributed by atoms with Crippen LogP contribution in [0.3, 0.4) is 0 Å². The van der Waals surface area contributed by atoms with Crippen LogP contribution in [-0.4, -0.2) is 32.8 Å². The lowest BCUT2D eigenvalue weighted by atomic mass is 9.89. The molecule has 0 aromatic heterocycles. The van der Waals surface area contributed by atoms with Crippen molar-refractivity contribution in [2.24, 2.45) is 20.8 Å². The largest absolute Gasteiger partial charge is 0.381 e. The molecule has 0 aliphatic rings. The summed E-state index contributed by atoms with van der Waals surface area (Å²) in [6, 6.07) is 0. The van der Waals surface area contributed by atoms with E-state index in [2.05, 4.69) is 30.1 Å². The number of rotatable bonds is 10. The van der Waals surface area contributed by atoms with Gasteiger partial charge in [-0.25, -0.2) is 0 Å². The second-order valence-electron chi connectivity index (χ2n) is 3.72. The fourth-order valence-electron chi connectivity index (χ4n) is 1.26. The predicted molar refractivity (Wildman–Crippen MR) is 65.6 cm³/mol. The van der Waals surface area contributed by atoms with Gasteiger partial charge in [-0.2, -0.15) is 0 Å². The van der Waals surface area contributed by atoms with Gasteiger partial charge in [0.15, 0.2) is 0 Å². The van der Waals surface area contributed by atoms with E-state index in [-0.39, 0.29) is 26.2 Å². The summed E-state index contributed by atoms with van der Waals surface area (Å²) in [4.78, 5) is 7.99. The zero-order valence-corrected chi connectivity index (χ0v) is 10.2. The number of hydrogen-bond acceptors (Lipinski definition) is 4. The first-order chi connectivity index (χ1) is 8.74. The van der Waals surface area contributed by atoms with Gasteiger partial charge in [0.05, 0.1) is 6.61 Å². The molecule has 0 aromatic carbocycles. The summed E-state index contributed by atoms with van der Waals surface area (Å²) in [5.74, 6) is 0. The van der Waals surface area contributed by atoms with E-state index < -0.39 is 5.41 Å². The molecule has 0 aromatic rings. The quantitative estimate of drug-likeness (QED) is 0.249. The summed E-state index contributed by atoms with van der Waals surface area (Å²) in [5, 5.41) is 10.4. The first-order valence-electron chi connectivity index (χ1n) is 5.35. The van der Waals surface area contributed by atoms with Gasteiger partial charge in [-0.1, -0.05) is 22.3 Å². The van der Waals surface area contributed by atoms with E-state index in [1.165, 1.54) is 0 Å². The first kappa shape index (κ1) is 15.9. The predicted octanol–water partition coefficient (Wildman–Crippen LogP) is 3.33. The molecule has 0 saturated heterocycles. The molecule has 98 valence electrons. The molecule has 0 fully saturated rings. The first-order valence-corrected chi connectivity index (χ1v) is 5.35. The van der Waals surface area contributed by atoms with Crippen LogP contribution < -0.4 is 0 Å². The maximum Gasteiger partial charge on any atom is 0.0526 e. The van der Waals surface area contributed by atoms with Gasteiger partial charge in [0.1, 0.15) is 0 Å². The lowest BCUT2D eigenvalue weighted by Crippen LogP contribution is -2.36. The average Bonchev–Trinajstić information content (AvgIpc) is 2.40. The molecule has 10 heteroatoms. The third-order valence-electron chi connectivity index (χ3n) is 2.16. The zero-order chi connectivity index (χ0) is 13.7. The van der Waals surface area contributed by atoms with Crippen LogP contribution in [0.15, 0.2) is 15.3 Å². The SMILES string of the molecule is CCCOCC(CN=[N+]=[N-])(CN=[N+]=[N-])CN=[N+]=[N-]. The summed E-state index contributed by atoms with van der Waals surface area (Å²) >= 11 is 0. The molecule has 0 rings (SSSR count). The molecule has 0 saturated carbocycles. The van der Waals surface area contributed by atoms with Crippen molar-refractivity contribution in [3.8, 4) is 0 Å². The molecule has 0 spiro atoms. The molecule has 0 unspecified atom stereocenters. The van der Waals surface area contributed by atoms with Crippen LogP contribution in [0.1, 0.15) is 13.3 Å². The number of ether oxygens (including phenoxy) is 1. The molecule has 0 bridgehead atoms. The Hall–Kier alpha value is -2.11. The zero-order valence-electron chi connectivity index (χ0n) is 10.2. The van der Waals surface area contributed by atoms with Gasteiger partial charge >= 0.3 is 0 Å². The molecule has 0 N–H and O–H groups in total. The van der Waals surface area contributed by atoms with E-state index in [9.17, 15) is 0 Å². The van der Waals surface area contributed by atoms with E-state index in [0.29, 0.717) is 6.61 Å². The van der Waals surface area contributed by atoms with Crippen LogP contribution in [0.5, 0.6) is 0 Å². The summed E-state index contributed by atoms with van der Waals surface area (Å²) < 4.78 is 5.39. The van der Waals surface area contributed by atoms with Crippen molar-refractivity contribution in [1.82, 2.24) is 0 Å². The van der Waals surface area contributed by atoms with Crippen LogP contribution in [0.2, 0.25) is 0 Å². The number of nitrogens with zero attached hydrogens (tertiary/aromatic N) is 9. The van der Waals surface area contributed by atoms with Crippen molar-refractivity contribution in [1.29, 1.82) is 0 Å². The number of azide groups is 3. The maximum absolute atomic E-state index is 8.36. The smallest absolute Gasteiger partial charge is 0.0526 e. The van der Waals surface area contributed by atoms with Gasteiger partial charge in [-0.15, -0.1) is 0 Å². The van der Waals surface area contributed by atoms with Crippen molar-refractivity contribution in [2.75, 3.05) is 32.8 Å². The van der Waals surface area contributed by atoms with Gasteiger partial charge in [0, 0.05) is 46.4 Å². The normalized spacial score (nSPS) is 12.5. The Balaban J connectivity index is 4.88. The van der Waals surface area contributed by atoms with E-state index in [0.717, 1.165) is 6.42 Å². The van der Waals surface area contributed by atoms with Crippen molar-refractivity contribution in [3.05, 3.63) is 31.3 Å². The molecule has 0 atom stereocenters. The van der Waals surface area contributed by atoms with Gasteiger partial charge < -0.3 is 4.74 Å². The average molecular weight is 253 g/mol. The fourth-order valence-corrected chi connectivity index (χ4v) is 1.26. The molecule has 0 aliphatic carbocycles. The standard InChI is InChI=1S/C8H15N9O/c1-2-3-18-7-8(4-12-15-9,5-13-16-10)6-14-17-11/h2-7H2,1H3. The monoisotopic (exact) mass is 253 g/mol. The van der Waals surface area contributed by atoms with Crippen LogP contribution >= 0.6 is 0 Å². The topological polar surface area (TPSA) is 156 Å². The van der Waals surface area contributed by atoms with Crippen molar-refractivity contribution >= 4 is 0 Å². The summed E-state index contributed by atoms with van der Waals surface area (Å²) in [6.45, 7) is 2.83. The molecular weight excluding hydrogens is 238 g/mol. The molecule has 0 aliphatic heterocycles. The minimum atomic E-state index is -0.778. The Kier molecular flexibility index (Phi) is 8.89. The molecule has 0 heterocycles. The van der Waals surface area contributed by atoms with E-state index >= 15 is 0 Å². The third-order valence-corrected chi connectivity index (χ3v) is 2.16. The van der Waals surface area contributed by atoms with Crippen LogP contribution in [0.25, 0.3) is 31.3 Å². The van der Waals surface area contributed by atoms with E-state index in [1.807, 2.05) is 6.92 Å². The lowest BCUT2D eigenvalue weighted by molar-refractivity contribution is 0.0568. The van der Waals surface area contributed by atoms with Crippen LogP contribution in [-0.2, 0) is 4.74 Å². The Morgan fingerprint density at radius 3 is 1.72 bits per heavy atom. The Labute approximate surface area is 104 Å². The highest BCUT2D eigenvalue weighted by atomic mass is 16.5. The Morgan fingerprint density at radius 1 is 0.944 bits per heavy atom. The molecular formula is C8H15N9O. The number of hydrogen-bond donors (Lipinski definition) is 0. The van der Waals surface area contributed by atoms with Gasteiger partial charge in [0.25, 0.3) is 0 Å². The minimum Gasteiger partial charge on any atom is -0.381 e. The van der Waals surface area contributed by atoms with Gasteiger partial charge in [0.2, 0.25) is 0 Å². The van der Waals surface area contributed by atoms with Crippen molar-refractivity contribution < 1.29 is 4.74 Å². The Morgan fingerprint density at radius 2 is 1.39 bits per heavy atom. The second kappa shape index (κ2) is 10.1. The van der Waals surface area contributed by atoms with Crippen molar-refractivity contribution in [3.63, 3.8) is 0 Å². The molecule has 0 amide bonds. The van der Waals surface area contributed by atoms with Gasteiger partial charge in [-0.05, 0) is 23.0 Å².